The molecule has 7 nitrogen and oxygen atoms in total. The maximum absolute atomic E-state index is 12.6. The van der Waals surface area contributed by atoms with Crippen LogP contribution >= 0.6 is 0 Å². The average molecular weight is 318 g/mol. The minimum absolute atomic E-state index is 0.0643. The van der Waals surface area contributed by atoms with E-state index in [4.69, 9.17) is 9.47 Å². The summed E-state index contributed by atoms with van der Waals surface area (Å²) in [5.74, 6) is 2.44. The van der Waals surface area contributed by atoms with E-state index < -0.39 is 6.10 Å². The van der Waals surface area contributed by atoms with Crippen LogP contribution in [0.2, 0.25) is 0 Å². The Balaban J connectivity index is 1.44. The zero-order valence-electron chi connectivity index (χ0n) is 13.2. The lowest BCUT2D eigenvalue weighted by molar-refractivity contribution is -0.148. The highest BCUT2D eigenvalue weighted by Gasteiger charge is 2.32. The number of carbonyl (C=O) groups excluding carboxylic acids is 1. The van der Waals surface area contributed by atoms with Crippen LogP contribution in [0.1, 0.15) is 24.6 Å². The standard InChI is InChI=1S/C16H22N4O3/c21-16(19-5-8-22-9-6-19)13-11-20(7-10-23-13)14-3-4-17-15(18-14)12-1-2-12/h3-4,12-13H,1-2,5-11H2. The SMILES string of the molecule is O=C(C1CN(c2ccnc(C3CC3)n2)CCO1)N1CCOCC1. The van der Waals surface area contributed by atoms with E-state index in [1.54, 1.807) is 0 Å². The van der Waals surface area contributed by atoms with E-state index in [0.29, 0.717) is 45.4 Å². The molecule has 0 aromatic carbocycles. The van der Waals surface area contributed by atoms with Crippen molar-refractivity contribution in [2.45, 2.75) is 24.9 Å². The predicted octanol–water partition coefficient (Wildman–Crippen LogP) is 0.418. The summed E-state index contributed by atoms with van der Waals surface area (Å²) in [6, 6.07) is 1.92. The molecule has 7 heteroatoms. The molecule has 1 saturated carbocycles. The molecule has 1 aromatic rings. The van der Waals surface area contributed by atoms with E-state index in [-0.39, 0.29) is 5.91 Å². The smallest absolute Gasteiger partial charge is 0.253 e. The van der Waals surface area contributed by atoms with Crippen molar-refractivity contribution in [1.29, 1.82) is 0 Å². The van der Waals surface area contributed by atoms with Crippen LogP contribution in [-0.4, -0.2) is 72.9 Å². The van der Waals surface area contributed by atoms with E-state index >= 15 is 0 Å². The number of amides is 1. The van der Waals surface area contributed by atoms with Gasteiger partial charge in [0.25, 0.3) is 5.91 Å². The van der Waals surface area contributed by atoms with Crippen LogP contribution in [0.15, 0.2) is 12.3 Å². The molecule has 0 N–H and O–H groups in total. The quantitative estimate of drug-likeness (QED) is 0.804. The lowest BCUT2D eigenvalue weighted by Gasteiger charge is -2.36. The molecule has 3 fully saturated rings. The monoisotopic (exact) mass is 318 g/mol. The van der Waals surface area contributed by atoms with Gasteiger partial charge in [0.05, 0.1) is 26.4 Å². The number of rotatable bonds is 3. The summed E-state index contributed by atoms with van der Waals surface area (Å²) in [6.07, 6.45) is 3.78. The second-order valence-electron chi connectivity index (χ2n) is 6.29. The summed E-state index contributed by atoms with van der Waals surface area (Å²) in [7, 11) is 0. The number of carbonyl (C=O) groups is 1. The summed E-state index contributed by atoms with van der Waals surface area (Å²) >= 11 is 0. The van der Waals surface area contributed by atoms with Crippen LogP contribution in [-0.2, 0) is 14.3 Å². The Morgan fingerprint density at radius 2 is 2.00 bits per heavy atom. The molecule has 124 valence electrons. The largest absolute Gasteiger partial charge is 0.378 e. The van der Waals surface area contributed by atoms with Crippen molar-refractivity contribution in [3.05, 3.63) is 18.1 Å². The summed E-state index contributed by atoms with van der Waals surface area (Å²) < 4.78 is 11.0. The van der Waals surface area contributed by atoms with Gasteiger partial charge in [-0.25, -0.2) is 9.97 Å². The van der Waals surface area contributed by atoms with Crippen LogP contribution in [0, 0.1) is 0 Å². The number of anilines is 1. The summed E-state index contributed by atoms with van der Waals surface area (Å²) in [4.78, 5) is 25.6. The lowest BCUT2D eigenvalue weighted by Crippen LogP contribution is -2.53. The maximum Gasteiger partial charge on any atom is 0.253 e. The van der Waals surface area contributed by atoms with E-state index in [1.165, 1.54) is 12.8 Å². The van der Waals surface area contributed by atoms with Crippen molar-refractivity contribution in [2.24, 2.45) is 0 Å². The third-order valence-corrected chi connectivity index (χ3v) is 4.59. The first-order valence-electron chi connectivity index (χ1n) is 8.37. The Kier molecular flexibility index (Phi) is 4.13. The summed E-state index contributed by atoms with van der Waals surface area (Å²) in [5, 5.41) is 0. The minimum Gasteiger partial charge on any atom is -0.378 e. The summed E-state index contributed by atoms with van der Waals surface area (Å²) in [6.45, 7) is 4.38. The van der Waals surface area contributed by atoms with Crippen molar-refractivity contribution >= 4 is 11.7 Å². The Morgan fingerprint density at radius 1 is 1.17 bits per heavy atom. The predicted molar refractivity (Wildman–Crippen MR) is 83.4 cm³/mol. The third-order valence-electron chi connectivity index (χ3n) is 4.59. The highest BCUT2D eigenvalue weighted by molar-refractivity contribution is 5.82. The fraction of sp³-hybridized carbons (Fsp3) is 0.688. The normalized spacial score (nSPS) is 25.5. The second-order valence-corrected chi connectivity index (χ2v) is 6.29. The van der Waals surface area contributed by atoms with E-state index in [9.17, 15) is 4.79 Å². The van der Waals surface area contributed by atoms with Crippen molar-refractivity contribution in [1.82, 2.24) is 14.9 Å². The van der Waals surface area contributed by atoms with Gasteiger partial charge >= 0.3 is 0 Å². The number of hydrogen-bond acceptors (Lipinski definition) is 6. The molecule has 1 unspecified atom stereocenters. The van der Waals surface area contributed by atoms with Crippen LogP contribution in [0.5, 0.6) is 0 Å². The molecular weight excluding hydrogens is 296 g/mol. The van der Waals surface area contributed by atoms with Gasteiger partial charge in [-0.1, -0.05) is 0 Å². The van der Waals surface area contributed by atoms with Crippen molar-refractivity contribution < 1.29 is 14.3 Å². The number of ether oxygens (including phenoxy) is 2. The number of hydrogen-bond donors (Lipinski definition) is 0. The average Bonchev–Trinajstić information content (AvgIpc) is 3.47. The molecule has 1 amide bonds. The van der Waals surface area contributed by atoms with Gasteiger partial charge < -0.3 is 19.3 Å². The van der Waals surface area contributed by atoms with Gasteiger partial charge in [-0.15, -0.1) is 0 Å². The first-order valence-corrected chi connectivity index (χ1v) is 8.37. The Labute approximate surface area is 135 Å². The highest BCUT2D eigenvalue weighted by atomic mass is 16.5. The van der Waals surface area contributed by atoms with Crippen LogP contribution in [0.25, 0.3) is 0 Å². The molecule has 4 rings (SSSR count). The van der Waals surface area contributed by atoms with Gasteiger partial charge in [0, 0.05) is 31.7 Å². The van der Waals surface area contributed by atoms with E-state index in [2.05, 4.69) is 14.9 Å². The molecule has 0 spiro atoms. The number of nitrogens with zero attached hydrogens (tertiary/aromatic N) is 4. The Bertz CT molecular complexity index is 572. The van der Waals surface area contributed by atoms with Crippen molar-refractivity contribution in [2.75, 3.05) is 50.9 Å². The van der Waals surface area contributed by atoms with Gasteiger partial charge in [0.15, 0.2) is 6.10 Å². The molecule has 0 bridgehead atoms. The fourth-order valence-corrected chi connectivity index (χ4v) is 3.07. The Hall–Kier alpha value is -1.73. The highest BCUT2D eigenvalue weighted by Crippen LogP contribution is 2.38. The van der Waals surface area contributed by atoms with Crippen molar-refractivity contribution in [3.8, 4) is 0 Å². The molecular formula is C16H22N4O3. The molecule has 3 aliphatic rings. The summed E-state index contributed by atoms with van der Waals surface area (Å²) in [5.41, 5.74) is 0. The molecule has 1 aliphatic carbocycles. The Morgan fingerprint density at radius 3 is 2.78 bits per heavy atom. The van der Waals surface area contributed by atoms with Crippen LogP contribution in [0.3, 0.4) is 0 Å². The molecule has 1 aromatic heterocycles. The van der Waals surface area contributed by atoms with Crippen LogP contribution < -0.4 is 4.90 Å². The second kappa shape index (κ2) is 6.41. The number of morpholine rings is 2. The minimum atomic E-state index is -0.416. The zero-order valence-corrected chi connectivity index (χ0v) is 13.2. The topological polar surface area (TPSA) is 67.8 Å². The van der Waals surface area contributed by atoms with Gasteiger partial charge in [0.2, 0.25) is 0 Å². The van der Waals surface area contributed by atoms with Crippen molar-refractivity contribution in [3.63, 3.8) is 0 Å². The first-order chi connectivity index (χ1) is 11.3. The maximum atomic E-state index is 12.6. The molecule has 1 atom stereocenters. The molecule has 2 saturated heterocycles. The molecule has 0 radical (unpaired) electrons. The van der Waals surface area contributed by atoms with Crippen LogP contribution in [0.4, 0.5) is 5.82 Å². The fourth-order valence-electron chi connectivity index (χ4n) is 3.07. The number of aromatic nitrogens is 2. The molecule has 23 heavy (non-hydrogen) atoms. The lowest BCUT2D eigenvalue weighted by atomic mass is 10.2. The molecule has 2 aliphatic heterocycles. The first kappa shape index (κ1) is 14.8. The molecule has 3 heterocycles. The van der Waals surface area contributed by atoms with E-state index in [0.717, 1.165) is 18.2 Å². The van der Waals surface area contributed by atoms with Gasteiger partial charge in [0.1, 0.15) is 11.6 Å². The van der Waals surface area contributed by atoms with Gasteiger partial charge in [-0.2, -0.15) is 0 Å². The third kappa shape index (κ3) is 3.30. The van der Waals surface area contributed by atoms with Gasteiger partial charge in [-0.3, -0.25) is 4.79 Å². The zero-order chi connectivity index (χ0) is 15.6. The van der Waals surface area contributed by atoms with E-state index in [1.807, 2.05) is 17.2 Å². The van der Waals surface area contributed by atoms with Gasteiger partial charge in [-0.05, 0) is 18.9 Å².